The van der Waals surface area contributed by atoms with Crippen molar-refractivity contribution >= 4 is 23.2 Å². The summed E-state index contributed by atoms with van der Waals surface area (Å²) in [5.74, 6) is 5.47. The lowest BCUT2D eigenvalue weighted by Gasteiger charge is -2.24. The van der Waals surface area contributed by atoms with E-state index in [1.807, 2.05) is 0 Å². The molecule has 0 aliphatic rings. The molecule has 0 aliphatic carbocycles. The molecule has 0 aromatic heterocycles. The van der Waals surface area contributed by atoms with Crippen LogP contribution in [0.2, 0.25) is 10.0 Å². The Balaban J connectivity index is 2.83. The van der Waals surface area contributed by atoms with Crippen molar-refractivity contribution in [2.75, 3.05) is 14.2 Å². The fourth-order valence-corrected chi connectivity index (χ4v) is 1.98. The third kappa shape index (κ3) is 4.10. The average molecular weight is 279 g/mol. The summed E-state index contributed by atoms with van der Waals surface area (Å²) in [6.45, 7) is 0. The van der Waals surface area contributed by atoms with Crippen molar-refractivity contribution in [1.29, 1.82) is 0 Å². The molecule has 0 spiro atoms. The number of nitrogens with one attached hydrogen (secondary N) is 1. The topological polar surface area (TPSA) is 56.5 Å². The lowest BCUT2D eigenvalue weighted by molar-refractivity contribution is -0.122. The Morgan fingerprint density at radius 2 is 1.94 bits per heavy atom. The smallest absolute Gasteiger partial charge is 0.173 e. The van der Waals surface area contributed by atoms with Gasteiger partial charge in [-0.25, -0.2) is 0 Å². The number of hydrogen-bond acceptors (Lipinski definition) is 4. The van der Waals surface area contributed by atoms with E-state index in [0.29, 0.717) is 16.5 Å². The van der Waals surface area contributed by atoms with Crippen molar-refractivity contribution < 1.29 is 9.47 Å². The maximum absolute atomic E-state index is 6.08. The summed E-state index contributed by atoms with van der Waals surface area (Å²) in [4.78, 5) is 0. The molecule has 0 aliphatic heterocycles. The number of methoxy groups -OCH3 is 2. The van der Waals surface area contributed by atoms with Crippen LogP contribution in [0.25, 0.3) is 0 Å². The van der Waals surface area contributed by atoms with Crippen molar-refractivity contribution in [3.05, 3.63) is 33.8 Å². The molecule has 1 atom stereocenters. The average Bonchev–Trinajstić information content (AvgIpc) is 2.33. The maximum Gasteiger partial charge on any atom is 0.173 e. The van der Waals surface area contributed by atoms with Crippen LogP contribution in [0.4, 0.5) is 0 Å². The van der Waals surface area contributed by atoms with Gasteiger partial charge < -0.3 is 9.47 Å². The molecule has 1 aromatic rings. The number of hydrogen-bond donors (Lipinski definition) is 2. The quantitative estimate of drug-likeness (QED) is 0.475. The van der Waals surface area contributed by atoms with Crippen molar-refractivity contribution in [2.45, 2.75) is 18.8 Å². The van der Waals surface area contributed by atoms with Crippen LogP contribution >= 0.6 is 23.2 Å². The largest absolute Gasteiger partial charge is 0.354 e. The van der Waals surface area contributed by atoms with Crippen LogP contribution < -0.4 is 11.3 Å². The molecule has 0 saturated heterocycles. The van der Waals surface area contributed by atoms with Gasteiger partial charge in [0.05, 0.1) is 6.04 Å². The predicted octanol–water partition coefficient (Wildman–Crippen LogP) is 1.99. The zero-order chi connectivity index (χ0) is 12.8. The zero-order valence-corrected chi connectivity index (χ0v) is 11.3. The van der Waals surface area contributed by atoms with Crippen LogP contribution in [0.5, 0.6) is 0 Å². The van der Waals surface area contributed by atoms with Crippen molar-refractivity contribution in [3.8, 4) is 0 Å². The van der Waals surface area contributed by atoms with Crippen LogP contribution in [0.3, 0.4) is 0 Å². The summed E-state index contributed by atoms with van der Waals surface area (Å²) < 4.78 is 10.3. The summed E-state index contributed by atoms with van der Waals surface area (Å²) in [7, 11) is 3.11. The molecule has 1 aromatic carbocycles. The van der Waals surface area contributed by atoms with E-state index in [1.165, 1.54) is 0 Å². The van der Waals surface area contributed by atoms with E-state index in [2.05, 4.69) is 5.43 Å². The first-order valence-corrected chi connectivity index (χ1v) is 5.83. The summed E-state index contributed by atoms with van der Waals surface area (Å²) in [6, 6.07) is 5.08. The molecule has 3 N–H and O–H groups in total. The van der Waals surface area contributed by atoms with E-state index >= 15 is 0 Å². The van der Waals surface area contributed by atoms with Gasteiger partial charge in [-0.1, -0.05) is 23.2 Å². The van der Waals surface area contributed by atoms with Crippen LogP contribution in [0.1, 0.15) is 5.56 Å². The summed E-state index contributed by atoms with van der Waals surface area (Å²) >= 11 is 12.0. The number of nitrogens with two attached hydrogens (primary N) is 1. The number of halogens is 2. The van der Waals surface area contributed by atoms with E-state index in [4.69, 9.17) is 38.5 Å². The van der Waals surface area contributed by atoms with E-state index in [1.54, 1.807) is 32.4 Å². The SMILES string of the molecule is COC(OC)C(Cc1cc(Cl)ccc1Cl)NN. The highest BCUT2D eigenvalue weighted by Gasteiger charge is 2.21. The number of ether oxygens (including phenoxy) is 2. The molecule has 0 bridgehead atoms. The number of hydrazine groups is 1. The second kappa shape index (κ2) is 7.16. The van der Waals surface area contributed by atoms with Gasteiger partial charge in [-0.15, -0.1) is 0 Å². The Bertz CT molecular complexity index is 359. The van der Waals surface area contributed by atoms with Gasteiger partial charge in [0, 0.05) is 24.3 Å². The second-order valence-electron chi connectivity index (χ2n) is 3.55. The lowest BCUT2D eigenvalue weighted by Crippen LogP contribution is -2.47. The molecule has 0 saturated carbocycles. The minimum atomic E-state index is -0.449. The van der Waals surface area contributed by atoms with Gasteiger partial charge in [-0.3, -0.25) is 11.3 Å². The first-order valence-electron chi connectivity index (χ1n) is 5.08. The van der Waals surface area contributed by atoms with Gasteiger partial charge >= 0.3 is 0 Å². The van der Waals surface area contributed by atoms with Crippen LogP contribution in [0.15, 0.2) is 18.2 Å². The van der Waals surface area contributed by atoms with Gasteiger partial charge in [-0.05, 0) is 30.2 Å². The molecule has 4 nitrogen and oxygen atoms in total. The van der Waals surface area contributed by atoms with Crippen molar-refractivity contribution in [2.24, 2.45) is 5.84 Å². The molecule has 0 amide bonds. The minimum Gasteiger partial charge on any atom is -0.354 e. The van der Waals surface area contributed by atoms with E-state index < -0.39 is 6.29 Å². The fourth-order valence-electron chi connectivity index (χ4n) is 1.60. The molecular weight excluding hydrogens is 263 g/mol. The molecular formula is C11H16Cl2N2O2. The molecule has 0 fully saturated rings. The van der Waals surface area contributed by atoms with Gasteiger partial charge in [-0.2, -0.15) is 0 Å². The minimum absolute atomic E-state index is 0.207. The van der Waals surface area contributed by atoms with E-state index in [-0.39, 0.29) is 6.04 Å². The zero-order valence-electron chi connectivity index (χ0n) is 9.74. The van der Waals surface area contributed by atoms with Crippen molar-refractivity contribution in [1.82, 2.24) is 5.43 Å². The summed E-state index contributed by atoms with van der Waals surface area (Å²) in [5.41, 5.74) is 3.54. The van der Waals surface area contributed by atoms with Crippen molar-refractivity contribution in [3.63, 3.8) is 0 Å². The Labute approximate surface area is 111 Å². The molecule has 1 rings (SSSR count). The van der Waals surface area contributed by atoms with Gasteiger partial charge in [0.2, 0.25) is 0 Å². The third-order valence-electron chi connectivity index (χ3n) is 2.45. The standard InChI is InChI=1S/C11H16Cl2N2O2/c1-16-11(17-2)10(15-14)6-7-5-8(12)3-4-9(7)13/h3-5,10-11,15H,6,14H2,1-2H3. The summed E-state index contributed by atoms with van der Waals surface area (Å²) in [5, 5.41) is 1.27. The second-order valence-corrected chi connectivity index (χ2v) is 4.40. The normalized spacial score (nSPS) is 13.1. The maximum atomic E-state index is 6.08. The fraction of sp³-hybridized carbons (Fsp3) is 0.455. The Morgan fingerprint density at radius 1 is 1.29 bits per heavy atom. The molecule has 0 radical (unpaired) electrons. The Morgan fingerprint density at radius 3 is 2.47 bits per heavy atom. The van der Waals surface area contributed by atoms with Crippen LogP contribution in [-0.2, 0) is 15.9 Å². The van der Waals surface area contributed by atoms with E-state index in [9.17, 15) is 0 Å². The van der Waals surface area contributed by atoms with Crippen LogP contribution in [0, 0.1) is 0 Å². The van der Waals surface area contributed by atoms with Gasteiger partial charge in [0.25, 0.3) is 0 Å². The number of benzene rings is 1. The lowest BCUT2D eigenvalue weighted by atomic mass is 10.1. The molecule has 6 heteroatoms. The molecule has 0 heterocycles. The number of rotatable bonds is 6. The highest BCUT2D eigenvalue weighted by molar-refractivity contribution is 6.33. The first-order chi connectivity index (χ1) is 8.12. The highest BCUT2D eigenvalue weighted by Crippen LogP contribution is 2.22. The monoisotopic (exact) mass is 278 g/mol. The Hall–Kier alpha value is -0.360. The molecule has 1 unspecified atom stereocenters. The third-order valence-corrected chi connectivity index (χ3v) is 3.06. The molecule has 17 heavy (non-hydrogen) atoms. The highest BCUT2D eigenvalue weighted by atomic mass is 35.5. The van der Waals surface area contributed by atoms with Crippen LogP contribution in [-0.4, -0.2) is 26.6 Å². The first kappa shape index (κ1) is 14.7. The van der Waals surface area contributed by atoms with Gasteiger partial charge in [0.15, 0.2) is 6.29 Å². The van der Waals surface area contributed by atoms with E-state index in [0.717, 1.165) is 5.56 Å². The predicted molar refractivity (Wildman–Crippen MR) is 69.1 cm³/mol. The van der Waals surface area contributed by atoms with Gasteiger partial charge in [0.1, 0.15) is 0 Å². The molecule has 96 valence electrons. The summed E-state index contributed by atoms with van der Waals surface area (Å²) in [6.07, 6.45) is 0.109. The Kier molecular flexibility index (Phi) is 6.19.